The lowest BCUT2D eigenvalue weighted by Crippen LogP contribution is -2.05. The summed E-state index contributed by atoms with van der Waals surface area (Å²) in [6.45, 7) is 0.597. The molecule has 0 aliphatic carbocycles. The number of benzene rings is 1. The molecule has 0 spiro atoms. The maximum absolute atomic E-state index is 13.7. The van der Waals surface area contributed by atoms with Crippen molar-refractivity contribution in [1.29, 1.82) is 0 Å². The van der Waals surface area contributed by atoms with Gasteiger partial charge in [-0.05, 0) is 17.7 Å². The van der Waals surface area contributed by atoms with Crippen molar-refractivity contribution in [2.24, 2.45) is 5.73 Å². The first-order valence-corrected chi connectivity index (χ1v) is 6.38. The van der Waals surface area contributed by atoms with E-state index >= 15 is 0 Å². The molecule has 19 heavy (non-hydrogen) atoms. The van der Waals surface area contributed by atoms with E-state index < -0.39 is 0 Å². The molecule has 0 radical (unpaired) electrons. The Hall–Kier alpha value is -1.36. The van der Waals surface area contributed by atoms with Crippen LogP contribution in [0.3, 0.4) is 0 Å². The highest BCUT2D eigenvalue weighted by Crippen LogP contribution is 2.23. The number of halogens is 3. The minimum absolute atomic E-state index is 0.283. The number of aromatic nitrogens is 1. The lowest BCUT2D eigenvalue weighted by Gasteiger charge is -2.09. The number of nitrogens with one attached hydrogen (secondary N) is 1. The molecule has 3 nitrogen and oxygen atoms in total. The van der Waals surface area contributed by atoms with Gasteiger partial charge < -0.3 is 11.1 Å². The van der Waals surface area contributed by atoms with E-state index in [2.05, 4.69) is 10.3 Å². The van der Waals surface area contributed by atoms with Crippen molar-refractivity contribution in [3.8, 4) is 0 Å². The van der Waals surface area contributed by atoms with Crippen LogP contribution in [0.5, 0.6) is 0 Å². The van der Waals surface area contributed by atoms with Gasteiger partial charge in [-0.2, -0.15) is 0 Å². The van der Waals surface area contributed by atoms with Crippen LogP contribution in [-0.4, -0.2) is 4.98 Å². The molecule has 0 fully saturated rings. The number of anilines is 1. The molecule has 0 atom stereocenters. The van der Waals surface area contributed by atoms with E-state index in [0.717, 1.165) is 5.56 Å². The number of pyridine rings is 1. The van der Waals surface area contributed by atoms with Gasteiger partial charge in [0.25, 0.3) is 0 Å². The molecule has 100 valence electrons. The minimum atomic E-state index is -0.305. The average molecular weight is 300 g/mol. The van der Waals surface area contributed by atoms with Crippen LogP contribution in [-0.2, 0) is 13.1 Å². The third kappa shape index (κ3) is 3.56. The van der Waals surface area contributed by atoms with Gasteiger partial charge in [-0.15, -0.1) is 0 Å². The van der Waals surface area contributed by atoms with Gasteiger partial charge >= 0.3 is 0 Å². The molecule has 0 aliphatic heterocycles. The molecule has 1 aromatic carbocycles. The smallest absolute Gasteiger partial charge is 0.145 e. The van der Waals surface area contributed by atoms with Crippen molar-refractivity contribution >= 4 is 29.0 Å². The average Bonchev–Trinajstić information content (AvgIpc) is 2.39. The van der Waals surface area contributed by atoms with Crippen LogP contribution in [0, 0.1) is 5.82 Å². The molecule has 0 amide bonds. The summed E-state index contributed by atoms with van der Waals surface area (Å²) in [4.78, 5) is 4.04. The number of hydrogen-bond acceptors (Lipinski definition) is 3. The summed E-state index contributed by atoms with van der Waals surface area (Å²) >= 11 is 11.7. The van der Waals surface area contributed by atoms with Gasteiger partial charge in [-0.3, -0.25) is 0 Å². The lowest BCUT2D eigenvalue weighted by molar-refractivity contribution is 0.610. The first-order chi connectivity index (χ1) is 9.10. The molecule has 1 aromatic heterocycles. The Balaban J connectivity index is 2.10. The predicted octanol–water partition coefficient (Wildman–Crippen LogP) is 3.60. The van der Waals surface area contributed by atoms with Crippen LogP contribution in [0.25, 0.3) is 0 Å². The van der Waals surface area contributed by atoms with E-state index in [0.29, 0.717) is 28.0 Å². The first kappa shape index (κ1) is 14.1. The molecular formula is C13H12Cl2FN3. The zero-order valence-corrected chi connectivity index (χ0v) is 11.5. The molecule has 1 heterocycles. The number of rotatable bonds is 4. The molecule has 2 aromatic rings. The highest BCUT2D eigenvalue weighted by molar-refractivity contribution is 6.35. The van der Waals surface area contributed by atoms with Crippen molar-refractivity contribution in [2.75, 3.05) is 5.32 Å². The predicted molar refractivity (Wildman–Crippen MR) is 75.9 cm³/mol. The zero-order chi connectivity index (χ0) is 13.8. The normalized spacial score (nSPS) is 10.5. The summed E-state index contributed by atoms with van der Waals surface area (Å²) in [5, 5.41) is 3.81. The number of nitrogens with zero attached hydrogens (tertiary/aromatic N) is 1. The summed E-state index contributed by atoms with van der Waals surface area (Å²) in [5.41, 5.74) is 6.72. The Bertz CT molecular complexity index is 590. The summed E-state index contributed by atoms with van der Waals surface area (Å²) in [7, 11) is 0. The Morgan fingerprint density at radius 3 is 2.68 bits per heavy atom. The van der Waals surface area contributed by atoms with E-state index in [1.807, 2.05) is 0 Å². The monoisotopic (exact) mass is 299 g/mol. The van der Waals surface area contributed by atoms with E-state index in [1.54, 1.807) is 18.2 Å². The van der Waals surface area contributed by atoms with Crippen molar-refractivity contribution in [3.05, 3.63) is 57.5 Å². The van der Waals surface area contributed by atoms with Crippen LogP contribution in [0.2, 0.25) is 10.0 Å². The largest absolute Gasteiger partial charge is 0.365 e. The van der Waals surface area contributed by atoms with Crippen LogP contribution in [0.1, 0.15) is 11.1 Å². The van der Waals surface area contributed by atoms with Crippen LogP contribution >= 0.6 is 23.2 Å². The maximum atomic E-state index is 13.7. The SMILES string of the molecule is NCc1ccc(CNc2ncc(Cl)cc2Cl)c(F)c1. The molecule has 0 bridgehead atoms. The zero-order valence-electron chi connectivity index (χ0n) is 9.96. The molecule has 0 saturated heterocycles. The van der Waals surface area contributed by atoms with Gasteiger partial charge in [-0.25, -0.2) is 9.37 Å². The molecule has 0 saturated carbocycles. The second-order valence-electron chi connectivity index (χ2n) is 3.97. The molecule has 3 N–H and O–H groups in total. The third-order valence-corrected chi connectivity index (χ3v) is 3.10. The molecule has 0 aliphatic rings. The standard InChI is InChI=1S/C13H12Cl2FN3/c14-10-4-11(15)13(19-7-10)18-6-9-2-1-8(5-17)3-12(9)16/h1-4,7H,5-6,17H2,(H,18,19). The second-order valence-corrected chi connectivity index (χ2v) is 4.81. The van der Waals surface area contributed by atoms with Crippen molar-refractivity contribution in [3.63, 3.8) is 0 Å². The second kappa shape index (κ2) is 6.19. The fourth-order valence-corrected chi connectivity index (χ4v) is 2.03. The van der Waals surface area contributed by atoms with Gasteiger partial charge in [0.15, 0.2) is 0 Å². The Morgan fingerprint density at radius 2 is 2.05 bits per heavy atom. The molecule has 6 heteroatoms. The topological polar surface area (TPSA) is 50.9 Å². The van der Waals surface area contributed by atoms with Crippen molar-refractivity contribution in [2.45, 2.75) is 13.1 Å². The molecular weight excluding hydrogens is 288 g/mol. The summed E-state index contributed by atoms with van der Waals surface area (Å²) < 4.78 is 13.7. The van der Waals surface area contributed by atoms with E-state index in [1.165, 1.54) is 12.3 Å². The van der Waals surface area contributed by atoms with E-state index in [-0.39, 0.29) is 12.4 Å². The number of hydrogen-bond donors (Lipinski definition) is 2. The third-order valence-electron chi connectivity index (χ3n) is 2.61. The quantitative estimate of drug-likeness (QED) is 0.907. The van der Waals surface area contributed by atoms with Gasteiger partial charge in [0.05, 0.1) is 10.0 Å². The fourth-order valence-electron chi connectivity index (χ4n) is 1.58. The van der Waals surface area contributed by atoms with Crippen molar-refractivity contribution in [1.82, 2.24) is 4.98 Å². The van der Waals surface area contributed by atoms with E-state index in [9.17, 15) is 4.39 Å². The van der Waals surface area contributed by atoms with Gasteiger partial charge in [0.2, 0.25) is 0 Å². The Morgan fingerprint density at radius 1 is 1.26 bits per heavy atom. The van der Waals surface area contributed by atoms with Crippen molar-refractivity contribution < 1.29 is 4.39 Å². The van der Waals surface area contributed by atoms with Gasteiger partial charge in [0, 0.05) is 24.8 Å². The number of nitrogens with two attached hydrogens (primary N) is 1. The van der Waals surface area contributed by atoms with Crippen LogP contribution in [0.4, 0.5) is 10.2 Å². The minimum Gasteiger partial charge on any atom is -0.365 e. The highest BCUT2D eigenvalue weighted by atomic mass is 35.5. The highest BCUT2D eigenvalue weighted by Gasteiger charge is 2.06. The first-order valence-electron chi connectivity index (χ1n) is 5.62. The maximum Gasteiger partial charge on any atom is 0.145 e. The van der Waals surface area contributed by atoms with Gasteiger partial charge in [-0.1, -0.05) is 35.3 Å². The fraction of sp³-hybridized carbons (Fsp3) is 0.154. The lowest BCUT2D eigenvalue weighted by atomic mass is 10.1. The summed E-state index contributed by atoms with van der Waals surface area (Å²) in [6.07, 6.45) is 1.48. The summed E-state index contributed by atoms with van der Waals surface area (Å²) in [5.74, 6) is 0.161. The Labute approximate surface area is 120 Å². The van der Waals surface area contributed by atoms with Crippen LogP contribution < -0.4 is 11.1 Å². The molecule has 2 rings (SSSR count). The molecule has 0 unspecified atom stereocenters. The summed E-state index contributed by atoms with van der Waals surface area (Å²) in [6, 6.07) is 6.48. The van der Waals surface area contributed by atoms with Gasteiger partial charge in [0.1, 0.15) is 11.6 Å². The Kier molecular flexibility index (Phi) is 4.58. The van der Waals surface area contributed by atoms with Crippen LogP contribution in [0.15, 0.2) is 30.5 Å². The van der Waals surface area contributed by atoms with E-state index in [4.69, 9.17) is 28.9 Å².